The van der Waals surface area contributed by atoms with Crippen molar-refractivity contribution in [1.29, 1.82) is 0 Å². The van der Waals surface area contributed by atoms with E-state index in [1.165, 1.54) is 44.1 Å². The number of halogens is 1. The fourth-order valence-corrected chi connectivity index (χ4v) is 20.2. The summed E-state index contributed by atoms with van der Waals surface area (Å²) in [6.45, 7) is 12.1. The summed E-state index contributed by atoms with van der Waals surface area (Å²) in [6.07, 6.45) is 14.1. The van der Waals surface area contributed by atoms with Crippen LogP contribution >= 0.6 is 22.7 Å². The van der Waals surface area contributed by atoms with Crippen molar-refractivity contribution in [2.75, 3.05) is 0 Å². The molecule has 8 aliphatic rings. The number of aromatic nitrogens is 1. The monoisotopic (exact) mass is 1090 g/mol. The predicted octanol–water partition coefficient (Wildman–Crippen LogP) is 17.4. The standard InChI is InChI=1S/C58H58FNO2S2.2CH3.Hf/c1-33-17-39(49(61)41(18-33)57-25-34-21-53(2,29-57)27-54(3,22-34)30-57)51-47(37-11-6-8-15-45(37)63-51)43-13-10-14-44(60-43)48-38-12-7-9-16-46(38)64-52(48)40-19-36(59)20-42(50(40)62)58-26-35-23-55(4,31-58)28-56(5,24-35)32-58;;;/h6-20,34-35,61-62H,21-32H2,1-5H3;2*1H3;/q;2*-1;. The van der Waals surface area contributed by atoms with Crippen molar-refractivity contribution in [2.24, 2.45) is 33.5 Å². The van der Waals surface area contributed by atoms with Crippen molar-refractivity contribution in [3.8, 4) is 54.9 Å². The van der Waals surface area contributed by atoms with E-state index in [2.05, 4.69) is 113 Å². The summed E-state index contributed by atoms with van der Waals surface area (Å²) in [7, 11) is 0. The van der Waals surface area contributed by atoms with Crippen molar-refractivity contribution in [3.05, 3.63) is 128 Å². The van der Waals surface area contributed by atoms with E-state index < -0.39 is 0 Å². The van der Waals surface area contributed by atoms with E-state index in [0.29, 0.717) is 34.0 Å². The minimum atomic E-state index is -0.289. The van der Waals surface area contributed by atoms with Gasteiger partial charge in [0.15, 0.2) is 0 Å². The first-order valence-corrected chi connectivity index (χ1v) is 25.6. The van der Waals surface area contributed by atoms with Gasteiger partial charge in [-0.15, -0.1) is 22.7 Å². The topological polar surface area (TPSA) is 53.4 Å². The van der Waals surface area contributed by atoms with Crippen LogP contribution in [0.25, 0.3) is 63.6 Å². The number of fused-ring (bicyclic) bond motifs is 2. The van der Waals surface area contributed by atoms with Crippen molar-refractivity contribution in [3.63, 3.8) is 0 Å². The Morgan fingerprint density at radius 2 is 0.955 bits per heavy atom. The predicted molar refractivity (Wildman–Crippen MR) is 276 cm³/mol. The molecule has 0 aliphatic heterocycles. The van der Waals surface area contributed by atoms with Gasteiger partial charge in [-0.2, -0.15) is 0 Å². The summed E-state index contributed by atoms with van der Waals surface area (Å²) in [4.78, 5) is 7.47. The number of nitrogens with zero attached hydrogens (tertiary/aromatic N) is 1. The number of phenolic OH excluding ortho intramolecular Hbond substituents is 2. The molecule has 67 heavy (non-hydrogen) atoms. The van der Waals surface area contributed by atoms with Gasteiger partial charge < -0.3 is 25.1 Å². The summed E-state index contributed by atoms with van der Waals surface area (Å²) < 4.78 is 18.6. The third-order valence-corrected chi connectivity index (χ3v) is 20.1. The molecule has 4 atom stereocenters. The number of rotatable bonds is 6. The van der Waals surface area contributed by atoms with E-state index in [-0.39, 0.29) is 73.9 Å². The molecule has 8 bridgehead atoms. The second-order valence-electron chi connectivity index (χ2n) is 23.9. The van der Waals surface area contributed by atoms with Crippen LogP contribution in [0, 0.1) is 61.1 Å². The minimum absolute atomic E-state index is 0. The Kier molecular flexibility index (Phi) is 11.0. The minimum Gasteiger partial charge on any atom is -0.507 e. The third-order valence-electron chi connectivity index (χ3n) is 17.7. The molecule has 0 spiro atoms. The molecule has 2 N–H and O–H groups in total. The molecule has 346 valence electrons. The van der Waals surface area contributed by atoms with Crippen LogP contribution < -0.4 is 0 Å². The molecule has 3 heterocycles. The molecule has 3 nitrogen and oxygen atoms in total. The first-order chi connectivity index (χ1) is 30.5. The number of phenols is 2. The van der Waals surface area contributed by atoms with E-state index in [9.17, 15) is 10.2 Å². The molecule has 4 aromatic carbocycles. The van der Waals surface area contributed by atoms with Crippen LogP contribution in [0.3, 0.4) is 0 Å². The fraction of sp³-hybridized carbons (Fsp3) is 0.417. The number of aromatic hydroxyl groups is 2. The van der Waals surface area contributed by atoms with Gasteiger partial charge in [0, 0.05) is 100.0 Å². The van der Waals surface area contributed by atoms with Gasteiger partial charge in [0.1, 0.15) is 17.3 Å². The van der Waals surface area contributed by atoms with Crippen LogP contribution in [0.15, 0.2) is 91.0 Å². The van der Waals surface area contributed by atoms with Gasteiger partial charge in [-0.25, -0.2) is 9.37 Å². The molecule has 0 amide bonds. The molecule has 0 radical (unpaired) electrons. The first kappa shape index (κ1) is 47.0. The fourth-order valence-electron chi connectivity index (χ4n) is 17.7. The van der Waals surface area contributed by atoms with Gasteiger partial charge in [0.05, 0.1) is 11.4 Å². The summed E-state index contributed by atoms with van der Waals surface area (Å²) in [5, 5.41) is 27.6. The Balaban J connectivity index is 0.00000175. The van der Waals surface area contributed by atoms with E-state index >= 15 is 4.39 Å². The molecule has 4 unspecified atom stereocenters. The van der Waals surface area contributed by atoms with Crippen molar-refractivity contribution in [2.45, 2.75) is 122 Å². The number of benzene rings is 4. The molecule has 8 saturated carbocycles. The maximum absolute atomic E-state index is 16.4. The molecule has 3 aromatic heterocycles. The Hall–Kier alpha value is -3.65. The molecule has 7 aromatic rings. The zero-order valence-electron chi connectivity index (χ0n) is 40.3. The normalized spacial score (nSPS) is 32.0. The van der Waals surface area contributed by atoms with Gasteiger partial charge in [0.25, 0.3) is 0 Å². The van der Waals surface area contributed by atoms with Crippen LogP contribution in [-0.4, -0.2) is 15.2 Å². The van der Waals surface area contributed by atoms with Crippen molar-refractivity contribution in [1.82, 2.24) is 4.98 Å². The molecular formula is C60H64FHfNO2S2-2. The number of pyridine rings is 1. The summed E-state index contributed by atoms with van der Waals surface area (Å²) in [5.74, 6) is 1.71. The molecule has 7 heteroatoms. The number of thiophene rings is 2. The summed E-state index contributed by atoms with van der Waals surface area (Å²) in [6, 6.07) is 31.0. The Morgan fingerprint density at radius 1 is 0.537 bits per heavy atom. The zero-order chi connectivity index (χ0) is 43.8. The van der Waals surface area contributed by atoms with Crippen LogP contribution in [0.4, 0.5) is 4.39 Å². The largest absolute Gasteiger partial charge is 0.507 e. The average Bonchev–Trinajstić information content (AvgIpc) is 3.79. The summed E-state index contributed by atoms with van der Waals surface area (Å²) >= 11 is 3.35. The van der Waals surface area contributed by atoms with Gasteiger partial charge in [-0.1, -0.05) is 76.2 Å². The zero-order valence-corrected chi connectivity index (χ0v) is 45.6. The van der Waals surface area contributed by atoms with Gasteiger partial charge in [0.2, 0.25) is 0 Å². The molecular weight excluding hydrogens is 1030 g/mol. The molecule has 8 fully saturated rings. The van der Waals surface area contributed by atoms with Crippen molar-refractivity contribution < 1.29 is 40.4 Å². The summed E-state index contributed by atoms with van der Waals surface area (Å²) in [5.41, 5.74) is 8.98. The van der Waals surface area contributed by atoms with E-state index in [1.807, 2.05) is 0 Å². The Labute approximate surface area is 424 Å². The quantitative estimate of drug-likeness (QED) is 0.129. The number of hydrogen-bond donors (Lipinski definition) is 2. The third kappa shape index (κ3) is 7.14. The SMILES string of the molecule is Cc1cc(-c2sc3ccccc3c2-c2cccc(-c3c(-c4cc(F)cc(C56CC7CC(C)(CC(C)(C7)C5)C6)c4O)sc4ccccc34)n2)c(O)c(C23CC4CC(C)(CC(C)(C4)C2)C3)c1.[CH3-].[CH3-].[Hf]. The number of aryl methyl sites for hydroxylation is 1. The van der Waals surface area contributed by atoms with Crippen LogP contribution in [0.2, 0.25) is 0 Å². The molecule has 8 aliphatic carbocycles. The maximum atomic E-state index is 16.4. The van der Waals surface area contributed by atoms with Gasteiger partial charge in [-0.3, -0.25) is 0 Å². The van der Waals surface area contributed by atoms with E-state index in [4.69, 9.17) is 4.98 Å². The van der Waals surface area contributed by atoms with E-state index in [0.717, 1.165) is 108 Å². The van der Waals surface area contributed by atoms with Gasteiger partial charge >= 0.3 is 0 Å². The van der Waals surface area contributed by atoms with Crippen LogP contribution in [0.1, 0.15) is 121 Å². The average molecular weight is 1090 g/mol. The Bertz CT molecular complexity index is 2910. The first-order valence-electron chi connectivity index (χ1n) is 23.9. The second-order valence-corrected chi connectivity index (χ2v) is 26.0. The second kappa shape index (κ2) is 15.7. The van der Waals surface area contributed by atoms with Crippen molar-refractivity contribution >= 4 is 42.8 Å². The smallest absolute Gasteiger partial charge is 0.128 e. The molecule has 15 rings (SSSR count). The number of hydrogen-bond acceptors (Lipinski definition) is 5. The maximum Gasteiger partial charge on any atom is 0.128 e. The molecule has 0 saturated heterocycles. The Morgan fingerprint density at radius 3 is 1.40 bits per heavy atom. The van der Waals surface area contributed by atoms with Gasteiger partial charge in [-0.05, 0) is 165 Å². The van der Waals surface area contributed by atoms with Crippen LogP contribution in [-0.2, 0) is 36.7 Å². The van der Waals surface area contributed by atoms with E-state index in [1.54, 1.807) is 34.8 Å². The van der Waals surface area contributed by atoms with Crippen LogP contribution in [0.5, 0.6) is 11.5 Å².